The third-order valence-corrected chi connectivity index (χ3v) is 3.73. The minimum absolute atomic E-state index is 0.134. The fraction of sp³-hybridized carbons (Fsp3) is 0.545. The summed E-state index contributed by atoms with van der Waals surface area (Å²) in [4.78, 5) is 0. The normalized spacial score (nSPS) is 15.0. The number of aryl methyl sites for hydroxylation is 2. The van der Waals surface area contributed by atoms with E-state index in [1.807, 2.05) is 24.7 Å². The zero-order valence-electron chi connectivity index (χ0n) is 9.35. The Kier molecular flexibility index (Phi) is 3.85. The zero-order chi connectivity index (χ0) is 11.6. The van der Waals surface area contributed by atoms with Gasteiger partial charge < -0.3 is 0 Å². The van der Waals surface area contributed by atoms with E-state index in [2.05, 4.69) is 18.6 Å². The van der Waals surface area contributed by atoms with Gasteiger partial charge in [-0.25, -0.2) is 0 Å². The zero-order valence-corrected chi connectivity index (χ0v) is 10.9. The van der Waals surface area contributed by atoms with E-state index < -0.39 is 0 Å². The molecule has 0 saturated heterocycles. The van der Waals surface area contributed by atoms with Gasteiger partial charge in [-0.05, 0) is 6.92 Å². The molecule has 1 atom stereocenters. The van der Waals surface area contributed by atoms with Gasteiger partial charge in [-0.1, -0.05) is 24.6 Å². The molecule has 0 amide bonds. The van der Waals surface area contributed by atoms with Gasteiger partial charge in [-0.3, -0.25) is 4.68 Å². The van der Waals surface area contributed by atoms with Crippen LogP contribution in [0.15, 0.2) is 12.7 Å². The van der Waals surface area contributed by atoms with Crippen molar-refractivity contribution in [2.24, 2.45) is 12.5 Å². The minimum atomic E-state index is -0.134. The van der Waals surface area contributed by atoms with Crippen LogP contribution in [0, 0.1) is 12.3 Å². The molecule has 0 N–H and O–H groups in total. The smallest absolute Gasteiger partial charge is 0.0847 e. The number of hydrogen-bond donors (Lipinski definition) is 0. The molecular weight excluding hydrogens is 231 g/mol. The number of hydrogen-bond acceptors (Lipinski definition) is 1. The van der Waals surface area contributed by atoms with Gasteiger partial charge in [0.2, 0.25) is 0 Å². The molecule has 0 aliphatic heterocycles. The van der Waals surface area contributed by atoms with Gasteiger partial charge in [0, 0.05) is 24.8 Å². The van der Waals surface area contributed by atoms with E-state index in [0.29, 0.717) is 5.88 Å². The number of alkyl halides is 1. The largest absolute Gasteiger partial charge is 0.271 e. The average Bonchev–Trinajstić information content (AvgIpc) is 2.45. The van der Waals surface area contributed by atoms with Crippen molar-refractivity contribution >= 4 is 23.2 Å². The van der Waals surface area contributed by atoms with Crippen LogP contribution in [0.25, 0.3) is 0 Å². The molecule has 0 aliphatic carbocycles. The molecule has 0 spiro atoms. The van der Waals surface area contributed by atoms with Crippen LogP contribution in [0.2, 0.25) is 5.02 Å². The van der Waals surface area contributed by atoms with E-state index in [9.17, 15) is 0 Å². The lowest BCUT2D eigenvalue weighted by Crippen LogP contribution is -2.20. The first-order chi connectivity index (χ1) is 6.93. The predicted octanol–water partition coefficient (Wildman–Crippen LogP) is 3.36. The van der Waals surface area contributed by atoms with E-state index in [0.717, 1.165) is 22.8 Å². The second-order valence-electron chi connectivity index (χ2n) is 4.14. The Balaban J connectivity index is 3.03. The molecule has 1 aromatic rings. The molecule has 4 heteroatoms. The van der Waals surface area contributed by atoms with Crippen molar-refractivity contribution in [1.29, 1.82) is 0 Å². The van der Waals surface area contributed by atoms with Crippen molar-refractivity contribution in [1.82, 2.24) is 9.78 Å². The van der Waals surface area contributed by atoms with Crippen LogP contribution < -0.4 is 0 Å². The Morgan fingerprint density at radius 3 is 2.53 bits per heavy atom. The van der Waals surface area contributed by atoms with Gasteiger partial charge in [0.05, 0.1) is 16.4 Å². The fourth-order valence-corrected chi connectivity index (χ4v) is 1.86. The molecule has 2 nitrogen and oxygen atoms in total. The molecule has 0 bridgehead atoms. The van der Waals surface area contributed by atoms with E-state index in [1.54, 1.807) is 0 Å². The molecule has 1 unspecified atom stereocenters. The van der Waals surface area contributed by atoms with E-state index in [1.165, 1.54) is 0 Å². The fourth-order valence-electron chi connectivity index (χ4n) is 1.43. The van der Waals surface area contributed by atoms with Crippen molar-refractivity contribution in [3.05, 3.63) is 29.1 Å². The summed E-state index contributed by atoms with van der Waals surface area (Å²) in [5.41, 5.74) is 1.73. The number of aromatic nitrogens is 2. The molecular formula is C11H16Cl2N2. The highest BCUT2D eigenvalue weighted by atomic mass is 35.5. The van der Waals surface area contributed by atoms with E-state index >= 15 is 0 Å². The van der Waals surface area contributed by atoms with Crippen LogP contribution in [-0.4, -0.2) is 15.7 Å². The summed E-state index contributed by atoms with van der Waals surface area (Å²) in [7, 11) is 1.89. The quantitative estimate of drug-likeness (QED) is 0.589. The molecule has 1 rings (SSSR count). The van der Waals surface area contributed by atoms with E-state index in [-0.39, 0.29) is 5.41 Å². The topological polar surface area (TPSA) is 17.8 Å². The van der Waals surface area contributed by atoms with Crippen LogP contribution in [-0.2, 0) is 13.5 Å². The van der Waals surface area contributed by atoms with Crippen LogP contribution in [0.4, 0.5) is 0 Å². The van der Waals surface area contributed by atoms with Gasteiger partial charge in [-0.2, -0.15) is 5.10 Å². The Morgan fingerprint density at radius 1 is 1.60 bits per heavy atom. The average molecular weight is 247 g/mol. The maximum Gasteiger partial charge on any atom is 0.0847 e. The highest BCUT2D eigenvalue weighted by Gasteiger charge is 2.24. The summed E-state index contributed by atoms with van der Waals surface area (Å²) in [6.45, 7) is 7.77. The maximum absolute atomic E-state index is 6.17. The predicted molar refractivity (Wildman–Crippen MR) is 65.7 cm³/mol. The van der Waals surface area contributed by atoms with Gasteiger partial charge >= 0.3 is 0 Å². The van der Waals surface area contributed by atoms with Crippen LogP contribution in [0.1, 0.15) is 18.3 Å². The van der Waals surface area contributed by atoms with Gasteiger partial charge in [0.15, 0.2) is 0 Å². The Labute approximate surface area is 101 Å². The highest BCUT2D eigenvalue weighted by molar-refractivity contribution is 6.31. The van der Waals surface area contributed by atoms with Crippen molar-refractivity contribution in [2.75, 3.05) is 5.88 Å². The first-order valence-electron chi connectivity index (χ1n) is 4.81. The summed E-state index contributed by atoms with van der Waals surface area (Å²) in [5.74, 6) is 0.525. The Morgan fingerprint density at radius 2 is 2.20 bits per heavy atom. The maximum atomic E-state index is 6.17. The molecule has 0 radical (unpaired) electrons. The molecule has 0 aromatic carbocycles. The summed E-state index contributed by atoms with van der Waals surface area (Å²) in [6, 6.07) is 0. The summed E-state index contributed by atoms with van der Waals surface area (Å²) in [5, 5.41) is 5.00. The minimum Gasteiger partial charge on any atom is -0.271 e. The van der Waals surface area contributed by atoms with Gasteiger partial charge in [0.1, 0.15) is 0 Å². The van der Waals surface area contributed by atoms with Crippen LogP contribution >= 0.6 is 23.2 Å². The number of rotatable bonds is 4. The molecule has 0 fully saturated rings. The standard InChI is InChI=1S/C11H16Cl2N2/c1-5-11(3,7-12)6-9-10(13)8(2)14-15(9)4/h5H,1,6-7H2,2-4H3. The third kappa shape index (κ3) is 2.56. The van der Waals surface area contributed by atoms with Crippen molar-refractivity contribution in [2.45, 2.75) is 20.3 Å². The van der Waals surface area contributed by atoms with Crippen LogP contribution in [0.5, 0.6) is 0 Å². The number of nitrogens with zero attached hydrogens (tertiary/aromatic N) is 2. The first-order valence-corrected chi connectivity index (χ1v) is 5.72. The Bertz CT molecular complexity index is 371. The lowest BCUT2D eigenvalue weighted by atomic mass is 9.87. The highest BCUT2D eigenvalue weighted by Crippen LogP contribution is 2.30. The van der Waals surface area contributed by atoms with E-state index in [4.69, 9.17) is 23.2 Å². The lowest BCUT2D eigenvalue weighted by molar-refractivity contribution is 0.466. The molecule has 0 aliphatic rings. The van der Waals surface area contributed by atoms with Crippen molar-refractivity contribution in [3.8, 4) is 0 Å². The second kappa shape index (κ2) is 4.58. The first kappa shape index (κ1) is 12.6. The number of allylic oxidation sites excluding steroid dienone is 1. The van der Waals surface area contributed by atoms with Gasteiger partial charge in [0.25, 0.3) is 0 Å². The summed E-state index contributed by atoms with van der Waals surface area (Å²) >= 11 is 12.1. The Hall–Kier alpha value is -0.470. The number of halogens is 2. The van der Waals surface area contributed by atoms with Crippen molar-refractivity contribution in [3.63, 3.8) is 0 Å². The van der Waals surface area contributed by atoms with Crippen LogP contribution in [0.3, 0.4) is 0 Å². The molecule has 1 heterocycles. The SMILES string of the molecule is C=CC(C)(CCl)Cc1c(Cl)c(C)nn1C. The molecule has 84 valence electrons. The lowest BCUT2D eigenvalue weighted by Gasteiger charge is -2.22. The van der Waals surface area contributed by atoms with Gasteiger partial charge in [-0.15, -0.1) is 18.2 Å². The summed E-state index contributed by atoms with van der Waals surface area (Å²) < 4.78 is 1.81. The second-order valence-corrected chi connectivity index (χ2v) is 4.78. The van der Waals surface area contributed by atoms with Crippen molar-refractivity contribution < 1.29 is 0 Å². The summed E-state index contributed by atoms with van der Waals surface area (Å²) in [6.07, 6.45) is 2.63. The third-order valence-electron chi connectivity index (χ3n) is 2.63. The molecule has 0 saturated carbocycles. The molecule has 1 aromatic heterocycles. The monoisotopic (exact) mass is 246 g/mol. The molecule has 15 heavy (non-hydrogen) atoms.